The van der Waals surface area contributed by atoms with E-state index in [9.17, 15) is 14.7 Å². The Morgan fingerprint density at radius 1 is 0.778 bits per heavy atom. The normalized spacial score (nSPS) is 12.3. The van der Waals surface area contributed by atoms with E-state index < -0.39 is 24.2 Å². The maximum atomic E-state index is 13.6. The molecule has 0 aliphatic rings. The molecule has 2 amide bonds. The van der Waals surface area contributed by atoms with Crippen LogP contribution in [0.2, 0.25) is 0 Å². The predicted octanol–water partition coefficient (Wildman–Crippen LogP) is 6.73. The van der Waals surface area contributed by atoms with Gasteiger partial charge in [0.05, 0.1) is 23.7 Å². The highest BCUT2D eigenvalue weighted by Crippen LogP contribution is 2.34. The van der Waals surface area contributed by atoms with Crippen LogP contribution in [-0.2, 0) is 9.53 Å². The highest BCUT2D eigenvalue weighted by molar-refractivity contribution is 6.01. The molecule has 0 bridgehead atoms. The van der Waals surface area contributed by atoms with Gasteiger partial charge in [0.15, 0.2) is 12.2 Å². The topological polar surface area (TPSA) is 132 Å². The molecule has 5 aromatic carbocycles. The number of hydrogen-bond donors (Lipinski definition) is 4. The van der Waals surface area contributed by atoms with Gasteiger partial charge in [-0.25, -0.2) is 4.79 Å². The molecular weight excluding hydrogens is 570 g/mol. The van der Waals surface area contributed by atoms with Crippen molar-refractivity contribution in [1.29, 1.82) is 0 Å². The molecule has 0 heterocycles. The number of nitrogens with one attached hydrogen (secondary N) is 2. The number of nitrogens with two attached hydrogens (primary N) is 1. The third-order valence-corrected chi connectivity index (χ3v) is 6.80. The molecule has 0 aromatic heterocycles. The number of ether oxygens (including phenoxy) is 3. The zero-order valence-corrected chi connectivity index (χ0v) is 24.3. The molecule has 0 saturated heterocycles. The second-order valence-corrected chi connectivity index (χ2v) is 9.92. The zero-order valence-electron chi connectivity index (χ0n) is 24.3. The van der Waals surface area contributed by atoms with Gasteiger partial charge in [0.2, 0.25) is 5.91 Å². The molecule has 0 fully saturated rings. The summed E-state index contributed by atoms with van der Waals surface area (Å²) >= 11 is 0. The van der Waals surface area contributed by atoms with Crippen LogP contribution in [0.25, 0.3) is 10.8 Å². The van der Waals surface area contributed by atoms with E-state index in [0.29, 0.717) is 34.1 Å². The SMILES string of the molecule is Nc1ccccc1NC(=O)/C=C/[C@H](Oc1ccccc1)[C@@H](OC(=O)Nc1cccc2ccccc12)c1ccccc1OCCO. The van der Waals surface area contributed by atoms with Gasteiger partial charge in [-0.05, 0) is 47.9 Å². The predicted molar refractivity (Wildman–Crippen MR) is 175 cm³/mol. The first-order valence-electron chi connectivity index (χ1n) is 14.3. The summed E-state index contributed by atoms with van der Waals surface area (Å²) < 4.78 is 18.2. The number of hydrogen-bond acceptors (Lipinski definition) is 7. The number of amides is 2. The summed E-state index contributed by atoms with van der Waals surface area (Å²) in [5, 5.41) is 16.8. The molecule has 0 aliphatic carbocycles. The molecule has 0 radical (unpaired) electrons. The summed E-state index contributed by atoms with van der Waals surface area (Å²) in [6.45, 7) is -0.194. The molecule has 0 unspecified atom stereocenters. The standard InChI is InChI=1S/C36H33N3O6/c37-29-17-7-8-18-31(29)38-34(41)22-21-33(44-26-13-2-1-3-14-26)35(28-16-6-9-20-32(28)43-24-23-40)45-36(42)39-30-19-10-12-25-11-4-5-15-27(25)30/h1-22,33,35,40H,23-24,37H2,(H,38,41)(H,39,42)/b22-21+/t33-,35-/m0/s1. The van der Waals surface area contributed by atoms with Crippen LogP contribution in [0, 0.1) is 0 Å². The minimum atomic E-state index is -1.10. The van der Waals surface area contributed by atoms with Gasteiger partial charge in [-0.3, -0.25) is 10.1 Å². The molecule has 9 nitrogen and oxygen atoms in total. The maximum Gasteiger partial charge on any atom is 0.412 e. The van der Waals surface area contributed by atoms with Crippen molar-refractivity contribution >= 4 is 39.8 Å². The maximum absolute atomic E-state index is 13.6. The molecule has 5 aromatic rings. The molecule has 45 heavy (non-hydrogen) atoms. The lowest BCUT2D eigenvalue weighted by Gasteiger charge is -2.27. The number of anilines is 3. The molecule has 0 saturated carbocycles. The first-order valence-corrected chi connectivity index (χ1v) is 14.3. The Kier molecular flexibility index (Phi) is 10.3. The fraction of sp³-hybridized carbons (Fsp3) is 0.111. The van der Waals surface area contributed by atoms with E-state index in [1.54, 1.807) is 66.7 Å². The van der Waals surface area contributed by atoms with Crippen molar-refractivity contribution in [3.63, 3.8) is 0 Å². The van der Waals surface area contributed by atoms with E-state index in [1.807, 2.05) is 54.6 Å². The van der Waals surface area contributed by atoms with Crippen molar-refractivity contribution < 1.29 is 28.9 Å². The van der Waals surface area contributed by atoms with Gasteiger partial charge in [-0.2, -0.15) is 0 Å². The summed E-state index contributed by atoms with van der Waals surface area (Å²) in [5.41, 5.74) is 7.91. The quantitative estimate of drug-likeness (QED) is 0.0919. The number of fused-ring (bicyclic) bond motifs is 1. The summed E-state index contributed by atoms with van der Waals surface area (Å²) in [6, 6.07) is 36.1. The van der Waals surface area contributed by atoms with Gasteiger partial charge >= 0.3 is 6.09 Å². The third kappa shape index (κ3) is 8.19. The van der Waals surface area contributed by atoms with Crippen molar-refractivity contribution in [2.45, 2.75) is 12.2 Å². The summed E-state index contributed by atoms with van der Waals surface area (Å²) in [6.07, 6.45) is -0.0229. The van der Waals surface area contributed by atoms with Crippen LogP contribution in [0.15, 0.2) is 133 Å². The molecule has 5 N–H and O–H groups in total. The van der Waals surface area contributed by atoms with Crippen LogP contribution >= 0.6 is 0 Å². The Morgan fingerprint density at radius 3 is 2.29 bits per heavy atom. The van der Waals surface area contributed by atoms with Crippen molar-refractivity contribution in [2.75, 3.05) is 29.6 Å². The van der Waals surface area contributed by atoms with Crippen molar-refractivity contribution in [2.24, 2.45) is 0 Å². The molecule has 0 aliphatic heterocycles. The second-order valence-electron chi connectivity index (χ2n) is 9.92. The van der Waals surface area contributed by atoms with Crippen LogP contribution in [0.5, 0.6) is 11.5 Å². The van der Waals surface area contributed by atoms with E-state index in [-0.39, 0.29) is 13.2 Å². The molecule has 5 rings (SSSR count). The average molecular weight is 604 g/mol. The van der Waals surface area contributed by atoms with E-state index in [1.165, 1.54) is 12.2 Å². The number of para-hydroxylation sites is 4. The fourth-order valence-electron chi connectivity index (χ4n) is 4.72. The molecule has 0 spiro atoms. The number of carbonyl (C=O) groups excluding carboxylic acids is 2. The Balaban J connectivity index is 1.50. The van der Waals surface area contributed by atoms with E-state index in [2.05, 4.69) is 10.6 Å². The highest BCUT2D eigenvalue weighted by Gasteiger charge is 2.30. The Hall–Kier alpha value is -5.80. The largest absolute Gasteiger partial charge is 0.491 e. The number of aliphatic hydroxyl groups is 1. The Labute approximate surface area is 260 Å². The number of benzene rings is 5. The molecular formula is C36H33N3O6. The zero-order chi connectivity index (χ0) is 31.4. The minimum Gasteiger partial charge on any atom is -0.491 e. The van der Waals surface area contributed by atoms with Gasteiger partial charge in [-0.15, -0.1) is 0 Å². The van der Waals surface area contributed by atoms with Gasteiger partial charge < -0.3 is 30.4 Å². The lowest BCUT2D eigenvalue weighted by atomic mass is 10.0. The summed E-state index contributed by atoms with van der Waals surface area (Å²) in [5.74, 6) is 0.404. The summed E-state index contributed by atoms with van der Waals surface area (Å²) in [4.78, 5) is 26.5. The van der Waals surface area contributed by atoms with Gasteiger partial charge in [0.25, 0.3) is 0 Å². The van der Waals surface area contributed by atoms with Crippen LogP contribution in [0.4, 0.5) is 21.9 Å². The summed E-state index contributed by atoms with van der Waals surface area (Å²) in [7, 11) is 0. The Morgan fingerprint density at radius 2 is 1.47 bits per heavy atom. The smallest absolute Gasteiger partial charge is 0.412 e. The second kappa shape index (κ2) is 15.1. The van der Waals surface area contributed by atoms with Gasteiger partial charge in [0.1, 0.15) is 18.1 Å². The molecule has 228 valence electrons. The Bertz CT molecular complexity index is 1770. The third-order valence-electron chi connectivity index (χ3n) is 6.80. The van der Waals surface area contributed by atoms with Crippen molar-refractivity contribution in [1.82, 2.24) is 0 Å². The number of aliphatic hydroxyl groups excluding tert-OH is 1. The first kappa shape index (κ1) is 30.7. The molecule has 2 atom stereocenters. The fourth-order valence-corrected chi connectivity index (χ4v) is 4.72. The number of carbonyl (C=O) groups is 2. The van der Waals surface area contributed by atoms with Gasteiger partial charge in [0, 0.05) is 17.0 Å². The number of nitrogen functional groups attached to an aromatic ring is 1. The van der Waals surface area contributed by atoms with Gasteiger partial charge in [-0.1, -0.05) is 84.9 Å². The monoisotopic (exact) mass is 603 g/mol. The van der Waals surface area contributed by atoms with Crippen LogP contribution < -0.4 is 25.8 Å². The van der Waals surface area contributed by atoms with E-state index in [4.69, 9.17) is 19.9 Å². The van der Waals surface area contributed by atoms with E-state index in [0.717, 1.165) is 10.8 Å². The van der Waals surface area contributed by atoms with E-state index >= 15 is 0 Å². The lowest BCUT2D eigenvalue weighted by Crippen LogP contribution is -2.30. The van der Waals surface area contributed by atoms with Crippen LogP contribution in [0.1, 0.15) is 11.7 Å². The lowest BCUT2D eigenvalue weighted by molar-refractivity contribution is -0.112. The van der Waals surface area contributed by atoms with Crippen LogP contribution in [0.3, 0.4) is 0 Å². The highest BCUT2D eigenvalue weighted by atomic mass is 16.6. The van der Waals surface area contributed by atoms with Crippen molar-refractivity contribution in [3.05, 3.63) is 139 Å². The van der Waals surface area contributed by atoms with Crippen LogP contribution in [-0.4, -0.2) is 36.4 Å². The average Bonchev–Trinajstić information content (AvgIpc) is 3.06. The van der Waals surface area contributed by atoms with Crippen molar-refractivity contribution in [3.8, 4) is 11.5 Å². The minimum absolute atomic E-state index is 0.0207. The molecule has 9 heteroatoms. The first-order chi connectivity index (χ1) is 22.0. The number of rotatable bonds is 12.